The van der Waals surface area contributed by atoms with Crippen molar-refractivity contribution in [2.75, 3.05) is 44.8 Å². The van der Waals surface area contributed by atoms with E-state index in [2.05, 4.69) is 43.7 Å². The number of likely N-dealkylation sites (N-methyl/N-ethyl adjacent to an activating group) is 1. The van der Waals surface area contributed by atoms with Gasteiger partial charge < -0.3 is 19.3 Å². The van der Waals surface area contributed by atoms with Gasteiger partial charge in [-0.3, -0.25) is 4.79 Å². The van der Waals surface area contributed by atoms with E-state index in [1.165, 1.54) is 0 Å². The van der Waals surface area contributed by atoms with E-state index in [9.17, 15) is 4.79 Å². The van der Waals surface area contributed by atoms with Gasteiger partial charge in [0, 0.05) is 52.0 Å². The first-order valence-corrected chi connectivity index (χ1v) is 16.1. The Morgan fingerprint density at radius 1 is 1.09 bits per heavy atom. The van der Waals surface area contributed by atoms with E-state index in [4.69, 9.17) is 14.6 Å². The van der Waals surface area contributed by atoms with Crippen molar-refractivity contribution in [2.24, 2.45) is 0 Å². The van der Waals surface area contributed by atoms with Crippen molar-refractivity contribution in [1.29, 1.82) is 0 Å². The lowest BCUT2D eigenvalue weighted by molar-refractivity contribution is -0.129. The quantitative estimate of drug-likeness (QED) is 0.305. The molecule has 1 aliphatic heterocycles. The number of piperazine rings is 1. The fourth-order valence-corrected chi connectivity index (χ4v) is 4.76. The van der Waals surface area contributed by atoms with Crippen LogP contribution in [0.3, 0.4) is 0 Å². The van der Waals surface area contributed by atoms with E-state index in [1.807, 2.05) is 34.8 Å². The van der Waals surface area contributed by atoms with Gasteiger partial charge in [0.05, 0.1) is 18.7 Å². The number of anilines is 1. The monoisotopic (exact) mass is 495 g/mol. The Hall–Kier alpha value is -2.91. The second kappa shape index (κ2) is 10.8. The summed E-state index contributed by atoms with van der Waals surface area (Å²) in [5.74, 6) is 1.72. The number of ether oxygens (including phenoxy) is 2. The first-order valence-electron chi connectivity index (χ1n) is 12.4. The van der Waals surface area contributed by atoms with Gasteiger partial charge in [-0.1, -0.05) is 26.6 Å². The SMILES string of the molecule is CCCOc1ccc2c(c1)c(-c1ccnc(N3CCN(C)C(=O)C3)c1)nn2COCC[Si](C)(C)C. The Morgan fingerprint density at radius 2 is 1.91 bits per heavy atom. The summed E-state index contributed by atoms with van der Waals surface area (Å²) < 4.78 is 13.9. The van der Waals surface area contributed by atoms with Gasteiger partial charge in [0.2, 0.25) is 5.91 Å². The number of hydrogen-bond acceptors (Lipinski definition) is 6. The van der Waals surface area contributed by atoms with Gasteiger partial charge in [-0.15, -0.1) is 0 Å². The molecule has 0 atom stereocenters. The van der Waals surface area contributed by atoms with Crippen molar-refractivity contribution in [1.82, 2.24) is 19.7 Å². The first kappa shape index (κ1) is 25.2. The molecule has 0 spiro atoms. The summed E-state index contributed by atoms with van der Waals surface area (Å²) in [5.41, 5.74) is 2.82. The number of fused-ring (bicyclic) bond motifs is 1. The maximum Gasteiger partial charge on any atom is 0.241 e. The average molecular weight is 496 g/mol. The molecule has 4 rings (SSSR count). The maximum atomic E-state index is 12.2. The number of nitrogens with zero attached hydrogens (tertiary/aromatic N) is 5. The van der Waals surface area contributed by atoms with Gasteiger partial charge in [0.25, 0.3) is 0 Å². The third-order valence-electron chi connectivity index (χ3n) is 6.20. The third-order valence-corrected chi connectivity index (χ3v) is 7.91. The van der Waals surface area contributed by atoms with Crippen LogP contribution in [0.4, 0.5) is 5.82 Å². The number of amides is 1. The highest BCUT2D eigenvalue weighted by molar-refractivity contribution is 6.76. The lowest BCUT2D eigenvalue weighted by Gasteiger charge is -2.32. The Kier molecular flexibility index (Phi) is 7.76. The fraction of sp³-hybridized carbons (Fsp3) is 0.500. The third kappa shape index (κ3) is 6.21. The standard InChI is InChI=1S/C26H37N5O3Si/c1-6-13-34-21-7-8-23-22(17-21)26(28-31(23)19-33-14-15-35(3,4)5)20-9-10-27-24(16-20)30-12-11-29(2)25(32)18-30/h7-10,16-17H,6,11-15,18-19H2,1-5H3. The predicted molar refractivity (Wildman–Crippen MR) is 143 cm³/mol. The van der Waals surface area contributed by atoms with Crippen molar-refractivity contribution in [2.45, 2.75) is 45.8 Å². The number of carbonyl (C=O) groups excluding carboxylic acids is 1. The summed E-state index contributed by atoms with van der Waals surface area (Å²) in [5, 5.41) is 5.97. The van der Waals surface area contributed by atoms with Crippen molar-refractivity contribution < 1.29 is 14.3 Å². The molecule has 3 heterocycles. The Morgan fingerprint density at radius 3 is 2.66 bits per heavy atom. The Bertz CT molecular complexity index is 1170. The molecule has 0 unspecified atom stereocenters. The van der Waals surface area contributed by atoms with Crippen LogP contribution in [-0.2, 0) is 16.3 Å². The van der Waals surface area contributed by atoms with Crippen LogP contribution in [0.5, 0.6) is 5.75 Å². The molecule has 0 N–H and O–H groups in total. The summed E-state index contributed by atoms with van der Waals surface area (Å²) >= 11 is 0. The molecular weight excluding hydrogens is 458 g/mol. The minimum Gasteiger partial charge on any atom is -0.494 e. The van der Waals surface area contributed by atoms with Crippen molar-refractivity contribution in [3.05, 3.63) is 36.5 Å². The van der Waals surface area contributed by atoms with E-state index in [0.29, 0.717) is 26.4 Å². The molecule has 35 heavy (non-hydrogen) atoms. The van der Waals surface area contributed by atoms with Crippen LogP contribution >= 0.6 is 0 Å². The van der Waals surface area contributed by atoms with Crippen molar-refractivity contribution in [3.8, 4) is 17.0 Å². The zero-order chi connectivity index (χ0) is 25.0. The van der Waals surface area contributed by atoms with Crippen molar-refractivity contribution in [3.63, 3.8) is 0 Å². The summed E-state index contributed by atoms with van der Waals surface area (Å²) in [6.07, 6.45) is 2.74. The molecule has 1 amide bonds. The van der Waals surface area contributed by atoms with E-state index >= 15 is 0 Å². The molecule has 0 bridgehead atoms. The van der Waals surface area contributed by atoms with Crippen LogP contribution in [0, 0.1) is 0 Å². The van der Waals surface area contributed by atoms with Crippen LogP contribution in [0.1, 0.15) is 13.3 Å². The highest BCUT2D eigenvalue weighted by Gasteiger charge is 2.23. The van der Waals surface area contributed by atoms with Crippen LogP contribution in [0.25, 0.3) is 22.2 Å². The number of aromatic nitrogens is 3. The highest BCUT2D eigenvalue weighted by Crippen LogP contribution is 2.32. The molecule has 188 valence electrons. The van der Waals surface area contributed by atoms with E-state index < -0.39 is 8.07 Å². The fourth-order valence-electron chi connectivity index (χ4n) is 4.00. The molecule has 8 nitrogen and oxygen atoms in total. The molecule has 1 aliphatic rings. The van der Waals surface area contributed by atoms with Gasteiger partial charge in [0.15, 0.2) is 0 Å². The molecule has 2 aromatic heterocycles. The summed E-state index contributed by atoms with van der Waals surface area (Å²) in [6.45, 7) is 12.7. The summed E-state index contributed by atoms with van der Waals surface area (Å²) in [4.78, 5) is 20.6. The lowest BCUT2D eigenvalue weighted by Crippen LogP contribution is -2.48. The second-order valence-corrected chi connectivity index (χ2v) is 16.0. The molecule has 9 heteroatoms. The molecule has 1 fully saturated rings. The van der Waals surface area contributed by atoms with Gasteiger partial charge in [-0.2, -0.15) is 5.10 Å². The summed E-state index contributed by atoms with van der Waals surface area (Å²) in [7, 11) is 0.681. The smallest absolute Gasteiger partial charge is 0.241 e. The maximum absolute atomic E-state index is 12.2. The molecule has 0 radical (unpaired) electrons. The van der Waals surface area contributed by atoms with Gasteiger partial charge in [-0.05, 0) is 42.8 Å². The van der Waals surface area contributed by atoms with Crippen LogP contribution < -0.4 is 9.64 Å². The second-order valence-electron chi connectivity index (χ2n) is 10.4. The van der Waals surface area contributed by atoms with Crippen LogP contribution in [0.2, 0.25) is 25.7 Å². The Labute approximate surface area is 208 Å². The van der Waals surface area contributed by atoms with E-state index in [1.54, 1.807) is 11.1 Å². The molecule has 0 saturated carbocycles. The van der Waals surface area contributed by atoms with E-state index in [0.717, 1.165) is 59.3 Å². The highest BCUT2D eigenvalue weighted by atomic mass is 28.3. The van der Waals surface area contributed by atoms with E-state index in [-0.39, 0.29) is 5.91 Å². The summed E-state index contributed by atoms with van der Waals surface area (Å²) in [6, 6.07) is 11.2. The predicted octanol–water partition coefficient (Wildman–Crippen LogP) is 4.48. The number of hydrogen-bond donors (Lipinski definition) is 0. The van der Waals surface area contributed by atoms with Crippen molar-refractivity contribution >= 4 is 30.7 Å². The molecule has 1 aromatic carbocycles. The van der Waals surface area contributed by atoms with Crippen LogP contribution in [-0.4, -0.2) is 73.5 Å². The van der Waals surface area contributed by atoms with Gasteiger partial charge in [-0.25, -0.2) is 9.67 Å². The Balaban J connectivity index is 1.65. The van der Waals surface area contributed by atoms with Gasteiger partial charge in [0.1, 0.15) is 24.0 Å². The average Bonchev–Trinajstić information content (AvgIpc) is 3.19. The normalized spacial score (nSPS) is 14.7. The lowest BCUT2D eigenvalue weighted by atomic mass is 10.1. The van der Waals surface area contributed by atoms with Crippen LogP contribution in [0.15, 0.2) is 36.5 Å². The molecule has 3 aromatic rings. The minimum absolute atomic E-state index is 0.103. The molecule has 1 saturated heterocycles. The zero-order valence-electron chi connectivity index (χ0n) is 21.6. The van der Waals surface area contributed by atoms with Gasteiger partial charge >= 0.3 is 0 Å². The first-order chi connectivity index (χ1) is 16.7. The number of pyridine rings is 1. The topological polar surface area (TPSA) is 72.7 Å². The molecular formula is C26H37N5O3Si. The number of benzene rings is 1. The minimum atomic E-state index is -1.16. The zero-order valence-corrected chi connectivity index (χ0v) is 22.6. The number of carbonyl (C=O) groups is 1. The largest absolute Gasteiger partial charge is 0.494 e. The molecule has 0 aliphatic carbocycles. The number of rotatable bonds is 10.